The number of hydrogen-bond acceptors (Lipinski definition) is 11. The molecule has 5 atom stereocenters. The molecule has 0 spiro atoms. The number of rotatable bonds is 8. The molecule has 1 fully saturated rings. The van der Waals surface area contributed by atoms with E-state index in [9.17, 15) is 48.3 Å². The van der Waals surface area contributed by atoms with E-state index in [4.69, 9.17) is 10.3 Å². The molecule has 3 aliphatic carbocycles. The molecule has 0 bridgehead atoms. The number of nitrogens with one attached hydrogen (secondary N) is 1. The summed E-state index contributed by atoms with van der Waals surface area (Å²) in [6.07, 6.45) is 3.81. The van der Waals surface area contributed by atoms with Crippen molar-refractivity contribution in [3.8, 4) is 5.75 Å². The van der Waals surface area contributed by atoms with Gasteiger partial charge in [0.05, 0.1) is 17.2 Å². The molecule has 0 aliphatic heterocycles. The van der Waals surface area contributed by atoms with Gasteiger partial charge >= 0.3 is 10.3 Å². The number of likely N-dealkylation sites (N-methyl/N-ethyl adjacent to an activating group) is 1. The highest BCUT2D eigenvalue weighted by molar-refractivity contribution is 7.83. The summed E-state index contributed by atoms with van der Waals surface area (Å²) in [6.45, 7) is 3.81. The van der Waals surface area contributed by atoms with Crippen LogP contribution in [0, 0.1) is 11.8 Å². The second-order valence-corrected chi connectivity index (χ2v) is 12.6. The number of amides is 1. The maximum absolute atomic E-state index is 13.7. The Balaban J connectivity index is 0.000000393. The summed E-state index contributed by atoms with van der Waals surface area (Å²) in [7, 11) is -0.954. The van der Waals surface area contributed by atoms with Crippen LogP contribution in [0.3, 0.4) is 0 Å². The summed E-state index contributed by atoms with van der Waals surface area (Å²) < 4.78 is 30.5. The van der Waals surface area contributed by atoms with Gasteiger partial charge < -0.3 is 31.3 Å². The number of Topliss-reactive ketones (excluding diaryl/α,β-unsaturated/α-hetero) is 2. The zero-order valence-electron chi connectivity index (χ0n) is 24.4. The lowest BCUT2D eigenvalue weighted by Crippen LogP contribution is -2.67. The summed E-state index contributed by atoms with van der Waals surface area (Å²) in [5.41, 5.74) is -0.548. The molecule has 0 saturated heterocycles. The minimum atomic E-state index is -3.96. The lowest BCUT2D eigenvalue weighted by atomic mass is 9.54. The van der Waals surface area contributed by atoms with Crippen LogP contribution in [0.5, 0.6) is 5.75 Å². The van der Waals surface area contributed by atoms with Gasteiger partial charge in [-0.2, -0.15) is 13.1 Å². The van der Waals surface area contributed by atoms with Gasteiger partial charge in [0.15, 0.2) is 11.4 Å². The van der Waals surface area contributed by atoms with Crippen molar-refractivity contribution in [1.82, 2.24) is 9.62 Å². The van der Waals surface area contributed by atoms with E-state index in [0.29, 0.717) is 6.54 Å². The Hall–Kier alpha value is -3.34. The third kappa shape index (κ3) is 6.05. The number of fused-ring (bicyclic) bond motifs is 3. The Morgan fingerprint density at radius 1 is 1.12 bits per heavy atom. The maximum atomic E-state index is 13.7. The normalized spacial score (nSPS) is 28.6. The highest BCUT2D eigenvalue weighted by Gasteiger charge is 2.66. The lowest BCUT2D eigenvalue weighted by molar-refractivity contribution is -0.159. The van der Waals surface area contributed by atoms with Gasteiger partial charge in [-0.15, -0.1) is 0 Å². The van der Waals surface area contributed by atoms with Crippen molar-refractivity contribution < 1.29 is 52.9 Å². The summed E-state index contributed by atoms with van der Waals surface area (Å²) >= 11 is 0. The number of ketones is 2. The van der Waals surface area contributed by atoms with Crippen molar-refractivity contribution >= 4 is 33.5 Å². The zero-order valence-corrected chi connectivity index (χ0v) is 25.2. The van der Waals surface area contributed by atoms with Gasteiger partial charge in [-0.05, 0) is 45.5 Å². The predicted octanol–water partition coefficient (Wildman–Crippen LogP) is 0.588. The number of phenols is 1. The number of aliphatic hydroxyl groups excluding tert-OH is 2. The van der Waals surface area contributed by atoms with E-state index >= 15 is 0 Å². The molecule has 1 saturated carbocycles. The van der Waals surface area contributed by atoms with Gasteiger partial charge in [0.25, 0.3) is 5.91 Å². The van der Waals surface area contributed by atoms with Gasteiger partial charge in [-0.1, -0.05) is 38.3 Å². The molecule has 9 N–H and O–H groups in total. The zero-order chi connectivity index (χ0) is 32.7. The van der Waals surface area contributed by atoms with E-state index in [1.165, 1.54) is 44.1 Å². The van der Waals surface area contributed by atoms with Crippen molar-refractivity contribution in [2.24, 2.45) is 17.6 Å². The molecule has 4 rings (SSSR count). The molecule has 238 valence electrons. The molecule has 1 aromatic carbocycles. The van der Waals surface area contributed by atoms with E-state index in [1.807, 2.05) is 4.72 Å². The van der Waals surface area contributed by atoms with Gasteiger partial charge in [0.2, 0.25) is 5.78 Å². The van der Waals surface area contributed by atoms with Crippen LogP contribution in [0.1, 0.15) is 57.1 Å². The Bertz CT molecular complexity index is 1480. The minimum Gasteiger partial charge on any atom is -0.508 e. The number of benzene rings is 1. The smallest absolute Gasteiger partial charge is 0.333 e. The minimum absolute atomic E-state index is 0.170. The van der Waals surface area contributed by atoms with Gasteiger partial charge in [-0.25, -0.2) is 0 Å². The first kappa shape index (κ1) is 34.2. The predicted molar refractivity (Wildman–Crippen MR) is 154 cm³/mol. The Morgan fingerprint density at radius 3 is 2.28 bits per heavy atom. The topological polar surface area (TPSA) is 248 Å². The average molecular weight is 626 g/mol. The highest BCUT2D eigenvalue weighted by atomic mass is 32.2. The summed E-state index contributed by atoms with van der Waals surface area (Å²) in [5.74, 6) is -7.90. The Morgan fingerprint density at radius 2 is 1.74 bits per heavy atom. The van der Waals surface area contributed by atoms with Crippen LogP contribution in [0.2, 0.25) is 0 Å². The van der Waals surface area contributed by atoms with Crippen molar-refractivity contribution in [2.75, 3.05) is 20.6 Å². The molecule has 43 heavy (non-hydrogen) atoms. The molecular weight excluding hydrogens is 586 g/mol. The fourth-order valence-corrected chi connectivity index (χ4v) is 6.66. The number of nitrogens with two attached hydrogens (primary N) is 1. The standard InChI is InChI=1S/C22H24N2O8.C6H15NO3S/c1-21(31)8-5-4-6-11(25)12(8)16(26)13-9(21)7-10-15(24(2)3)17(27)14(20(23)30)19(29)22(10,32)18(13)28;1-2-3-4-5-6-7-11(8,9)10/h4-6,9-10,15,25-26,29,31-32H,7H2,1-3H3,(H2,23,30);7H,2-6H2,1H3,(H,8,9,10)/t9-,10-,15-,21+,22-;/m0./s1. The molecule has 0 radical (unpaired) electrons. The fraction of sp³-hybridized carbons (Fsp3) is 0.536. The first-order valence-electron chi connectivity index (χ1n) is 13.8. The fourth-order valence-electron chi connectivity index (χ4n) is 6.25. The van der Waals surface area contributed by atoms with Crippen LogP contribution in [0.15, 0.2) is 35.1 Å². The van der Waals surface area contributed by atoms with E-state index in [1.54, 1.807) is 0 Å². The molecule has 15 heteroatoms. The molecule has 0 heterocycles. The quantitative estimate of drug-likeness (QED) is 0.112. The van der Waals surface area contributed by atoms with Crippen molar-refractivity contribution in [2.45, 2.75) is 63.2 Å². The summed E-state index contributed by atoms with van der Waals surface area (Å²) in [4.78, 5) is 40.0. The molecule has 14 nitrogen and oxygen atoms in total. The second kappa shape index (κ2) is 12.3. The largest absolute Gasteiger partial charge is 0.508 e. The first-order chi connectivity index (χ1) is 19.8. The Labute approximate surface area is 249 Å². The summed E-state index contributed by atoms with van der Waals surface area (Å²) in [6, 6.07) is 3.02. The van der Waals surface area contributed by atoms with Crippen LogP contribution in [0.4, 0.5) is 0 Å². The number of hydrogen-bond donors (Lipinski definition) is 8. The van der Waals surface area contributed by atoms with Crippen LogP contribution >= 0.6 is 0 Å². The number of aromatic hydroxyl groups is 1. The van der Waals surface area contributed by atoms with Gasteiger partial charge in [0.1, 0.15) is 22.8 Å². The van der Waals surface area contributed by atoms with Crippen LogP contribution in [0.25, 0.3) is 5.76 Å². The third-order valence-corrected chi connectivity index (χ3v) is 8.90. The molecule has 3 aliphatic rings. The maximum Gasteiger partial charge on any atom is 0.333 e. The Kier molecular flexibility index (Phi) is 9.80. The molecule has 0 unspecified atom stereocenters. The van der Waals surface area contributed by atoms with Gasteiger partial charge in [0, 0.05) is 24.0 Å². The number of aliphatic hydroxyl groups is 4. The van der Waals surface area contributed by atoms with E-state index < -0.39 is 85.3 Å². The molecular formula is C28H39N3O11S. The third-order valence-electron chi connectivity index (χ3n) is 8.34. The number of primary amides is 1. The van der Waals surface area contributed by atoms with Crippen LogP contribution < -0.4 is 10.5 Å². The van der Waals surface area contributed by atoms with E-state index in [0.717, 1.165) is 25.7 Å². The van der Waals surface area contributed by atoms with Crippen molar-refractivity contribution in [3.63, 3.8) is 0 Å². The monoisotopic (exact) mass is 625 g/mol. The number of carbonyl (C=O) groups is 3. The van der Waals surface area contributed by atoms with Crippen molar-refractivity contribution in [1.29, 1.82) is 0 Å². The molecule has 1 amide bonds. The second-order valence-electron chi connectivity index (χ2n) is 11.4. The molecule has 0 aromatic heterocycles. The first-order valence-corrected chi connectivity index (χ1v) is 15.2. The van der Waals surface area contributed by atoms with Gasteiger partial charge in [-0.3, -0.25) is 23.8 Å². The SMILES string of the molecule is CCCCCCNS(=O)(=O)O.CN(C)[C@@H]1C(=O)C(C(N)=O)=C(O)[C@@]2(O)C(=O)C3=C(O)c4c(O)cccc4[C@@](C)(O)[C@H]3C[C@@H]12. The number of phenolic OH excluding ortho intramolecular Hbond substituents is 1. The summed E-state index contributed by atoms with van der Waals surface area (Å²) in [5, 5.41) is 54.9. The average Bonchev–Trinajstić information content (AvgIpc) is 2.88. The number of unbranched alkanes of at least 4 members (excludes halogenated alkanes) is 3. The number of nitrogens with zero attached hydrogens (tertiary/aromatic N) is 1. The number of carbonyl (C=O) groups excluding carboxylic acids is 3. The van der Waals surface area contributed by atoms with Crippen LogP contribution in [-0.4, -0.2) is 93.2 Å². The van der Waals surface area contributed by atoms with Crippen LogP contribution in [-0.2, 0) is 30.3 Å². The van der Waals surface area contributed by atoms with E-state index in [-0.39, 0.29) is 17.5 Å². The van der Waals surface area contributed by atoms with E-state index in [2.05, 4.69) is 6.92 Å². The highest BCUT2D eigenvalue weighted by Crippen LogP contribution is 2.57. The lowest BCUT2D eigenvalue weighted by Gasteiger charge is -2.53. The van der Waals surface area contributed by atoms with Crippen molar-refractivity contribution in [3.05, 3.63) is 46.2 Å². The molecule has 1 aromatic rings.